The Bertz CT molecular complexity index is 1090. The number of allylic oxidation sites excluding steroid dienone is 2. The first-order chi connectivity index (χ1) is 34.5. The minimum atomic E-state index is -0.768. The number of rotatable bonds is 59. The molecule has 0 unspecified atom stereocenters. The van der Waals surface area contributed by atoms with Crippen LogP contribution in [0.4, 0.5) is 0 Å². The van der Waals surface area contributed by atoms with Crippen molar-refractivity contribution in [3.8, 4) is 0 Å². The molecule has 0 radical (unpaired) electrons. The van der Waals surface area contributed by atoms with Crippen molar-refractivity contribution in [2.75, 3.05) is 13.2 Å². The van der Waals surface area contributed by atoms with Crippen molar-refractivity contribution in [2.45, 2.75) is 367 Å². The van der Waals surface area contributed by atoms with Gasteiger partial charge in [-0.2, -0.15) is 0 Å². The van der Waals surface area contributed by atoms with Crippen LogP contribution in [0.15, 0.2) is 12.2 Å². The maximum Gasteiger partial charge on any atom is 0.306 e. The molecule has 0 aliphatic rings. The topological polar surface area (TPSA) is 78.9 Å². The van der Waals surface area contributed by atoms with Crippen molar-refractivity contribution >= 4 is 17.9 Å². The maximum atomic E-state index is 12.9. The van der Waals surface area contributed by atoms with Gasteiger partial charge in [-0.15, -0.1) is 0 Å². The molecule has 1 atom stereocenters. The zero-order chi connectivity index (χ0) is 50.7. The molecule has 0 saturated carbocycles. The highest BCUT2D eigenvalue weighted by Crippen LogP contribution is 2.18. The molecular weight excluding hydrogens is 865 g/mol. The average molecular weight is 988 g/mol. The van der Waals surface area contributed by atoms with Gasteiger partial charge in [0, 0.05) is 19.3 Å². The number of unbranched alkanes of at least 4 members (excludes halogenated alkanes) is 46. The highest BCUT2D eigenvalue weighted by Gasteiger charge is 2.19. The Morgan fingerprint density at radius 3 is 0.714 bits per heavy atom. The third kappa shape index (κ3) is 57.1. The quantitative estimate of drug-likeness (QED) is 0.0261. The molecule has 0 fully saturated rings. The largest absolute Gasteiger partial charge is 0.462 e. The molecule has 0 bridgehead atoms. The van der Waals surface area contributed by atoms with E-state index < -0.39 is 6.10 Å². The lowest BCUT2D eigenvalue weighted by atomic mass is 10.0. The van der Waals surface area contributed by atoms with Gasteiger partial charge < -0.3 is 14.2 Å². The van der Waals surface area contributed by atoms with Crippen molar-refractivity contribution in [3.63, 3.8) is 0 Å². The van der Waals surface area contributed by atoms with E-state index in [0.717, 1.165) is 64.2 Å². The van der Waals surface area contributed by atoms with Gasteiger partial charge in [-0.25, -0.2) is 0 Å². The first-order valence-electron chi connectivity index (χ1n) is 31.7. The van der Waals surface area contributed by atoms with Crippen LogP contribution in [0.3, 0.4) is 0 Å². The summed E-state index contributed by atoms with van der Waals surface area (Å²) in [5, 5.41) is 0. The molecule has 0 spiro atoms. The Morgan fingerprint density at radius 1 is 0.271 bits per heavy atom. The first kappa shape index (κ1) is 68.2. The number of hydrogen-bond acceptors (Lipinski definition) is 6. The first-order valence-corrected chi connectivity index (χ1v) is 31.7. The Hall–Kier alpha value is -1.85. The van der Waals surface area contributed by atoms with Crippen LogP contribution < -0.4 is 0 Å². The number of esters is 3. The summed E-state index contributed by atoms with van der Waals surface area (Å²) in [7, 11) is 0. The highest BCUT2D eigenvalue weighted by molar-refractivity contribution is 5.71. The van der Waals surface area contributed by atoms with Gasteiger partial charge in [0.1, 0.15) is 13.2 Å². The second kappa shape index (κ2) is 59.7. The molecule has 0 saturated heterocycles. The standard InChI is InChI=1S/C64H122O6/c1-4-7-10-13-16-19-22-25-28-31-33-36-39-42-45-48-51-54-57-63(66)69-60-61(59-68-62(65)56-53-50-47-44-41-38-35-30-27-24-21-18-15-12-9-6-3)70-64(67)58-55-52-49-46-43-40-37-34-32-29-26-23-20-17-14-11-8-5-2/h30,35,61H,4-29,31-34,36-60H2,1-3H3/b35-30-/t61-/m1/s1. The van der Waals surface area contributed by atoms with Gasteiger partial charge in [-0.3, -0.25) is 14.4 Å². The number of carbonyl (C=O) groups is 3. The smallest absolute Gasteiger partial charge is 0.306 e. The van der Waals surface area contributed by atoms with Gasteiger partial charge >= 0.3 is 17.9 Å². The summed E-state index contributed by atoms with van der Waals surface area (Å²) in [6, 6.07) is 0. The lowest BCUT2D eigenvalue weighted by molar-refractivity contribution is -0.167. The van der Waals surface area contributed by atoms with Crippen molar-refractivity contribution in [1.29, 1.82) is 0 Å². The predicted molar refractivity (Wildman–Crippen MR) is 303 cm³/mol. The Morgan fingerprint density at radius 2 is 0.471 bits per heavy atom. The third-order valence-electron chi connectivity index (χ3n) is 14.5. The van der Waals surface area contributed by atoms with E-state index in [9.17, 15) is 14.4 Å². The second-order valence-corrected chi connectivity index (χ2v) is 21.7. The van der Waals surface area contributed by atoms with Crippen molar-refractivity contribution in [1.82, 2.24) is 0 Å². The number of carbonyl (C=O) groups excluding carboxylic acids is 3. The van der Waals surface area contributed by atoms with Crippen LogP contribution in [0, 0.1) is 0 Å². The van der Waals surface area contributed by atoms with E-state index in [1.54, 1.807) is 0 Å². The fourth-order valence-corrected chi connectivity index (χ4v) is 9.74. The average Bonchev–Trinajstić information content (AvgIpc) is 3.36. The molecule has 0 N–H and O–H groups in total. The van der Waals surface area contributed by atoms with Gasteiger partial charge in [-0.05, 0) is 44.9 Å². The lowest BCUT2D eigenvalue weighted by Crippen LogP contribution is -2.30. The molecule has 0 heterocycles. The van der Waals surface area contributed by atoms with E-state index in [-0.39, 0.29) is 31.1 Å². The molecule has 0 amide bonds. The molecule has 0 aliphatic heterocycles. The molecule has 414 valence electrons. The normalized spacial score (nSPS) is 12.0. The van der Waals surface area contributed by atoms with E-state index in [2.05, 4.69) is 32.9 Å². The predicted octanol–water partition coefficient (Wildman–Crippen LogP) is 21.3. The van der Waals surface area contributed by atoms with Crippen LogP contribution in [0.5, 0.6) is 0 Å². The third-order valence-corrected chi connectivity index (χ3v) is 14.5. The Kier molecular flexibility index (Phi) is 58.1. The summed E-state index contributed by atoms with van der Waals surface area (Å²) in [4.78, 5) is 38.3. The maximum absolute atomic E-state index is 12.9. The van der Waals surface area contributed by atoms with Gasteiger partial charge in [0.15, 0.2) is 6.10 Å². The molecule has 70 heavy (non-hydrogen) atoms. The van der Waals surface area contributed by atoms with Gasteiger partial charge in [0.2, 0.25) is 0 Å². The van der Waals surface area contributed by atoms with Crippen molar-refractivity contribution < 1.29 is 28.6 Å². The summed E-state index contributed by atoms with van der Waals surface area (Å²) in [6.45, 7) is 6.71. The minimum Gasteiger partial charge on any atom is -0.462 e. The van der Waals surface area contributed by atoms with Crippen LogP contribution in [-0.2, 0) is 28.6 Å². The second-order valence-electron chi connectivity index (χ2n) is 21.7. The van der Waals surface area contributed by atoms with Crippen LogP contribution in [0.25, 0.3) is 0 Å². The monoisotopic (exact) mass is 987 g/mol. The Labute approximate surface area is 437 Å². The van der Waals surface area contributed by atoms with E-state index in [0.29, 0.717) is 19.3 Å². The molecule has 0 aliphatic carbocycles. The van der Waals surface area contributed by atoms with Crippen molar-refractivity contribution in [2.24, 2.45) is 0 Å². The zero-order valence-electron chi connectivity index (χ0n) is 47.6. The molecule has 0 aromatic heterocycles. The van der Waals surface area contributed by atoms with Gasteiger partial charge in [0.25, 0.3) is 0 Å². The molecule has 0 rings (SSSR count). The summed E-state index contributed by atoms with van der Waals surface area (Å²) in [6.07, 6.45) is 69.2. The Balaban J connectivity index is 4.31. The minimum absolute atomic E-state index is 0.0660. The van der Waals surface area contributed by atoms with Gasteiger partial charge in [0.05, 0.1) is 0 Å². The lowest BCUT2D eigenvalue weighted by Gasteiger charge is -2.18. The van der Waals surface area contributed by atoms with Crippen LogP contribution >= 0.6 is 0 Å². The zero-order valence-corrected chi connectivity index (χ0v) is 47.6. The summed E-state index contributed by atoms with van der Waals surface area (Å²) < 4.78 is 16.9. The van der Waals surface area contributed by atoms with Gasteiger partial charge in [-0.1, -0.05) is 309 Å². The highest BCUT2D eigenvalue weighted by atomic mass is 16.6. The van der Waals surface area contributed by atoms with Crippen LogP contribution in [-0.4, -0.2) is 37.2 Å². The van der Waals surface area contributed by atoms with Crippen LogP contribution in [0.1, 0.15) is 361 Å². The molecule has 6 heteroatoms. The summed E-state index contributed by atoms with van der Waals surface area (Å²) in [5.41, 5.74) is 0. The summed E-state index contributed by atoms with van der Waals surface area (Å²) >= 11 is 0. The molecular formula is C64H122O6. The van der Waals surface area contributed by atoms with E-state index >= 15 is 0 Å². The fraction of sp³-hybridized carbons (Fsp3) is 0.922. The molecule has 0 aromatic rings. The SMILES string of the molecule is CCCCCCCCC/C=C\CCCCCCCC(=O)OC[C@H](COC(=O)CCCCCCCCCCCCCCCCCCCC)OC(=O)CCCCCCCCCCCCCCCCCCCC. The van der Waals surface area contributed by atoms with Crippen LogP contribution in [0.2, 0.25) is 0 Å². The van der Waals surface area contributed by atoms with Crippen molar-refractivity contribution in [3.05, 3.63) is 12.2 Å². The number of hydrogen-bond donors (Lipinski definition) is 0. The summed E-state index contributed by atoms with van der Waals surface area (Å²) in [5.74, 6) is -0.844. The fourth-order valence-electron chi connectivity index (χ4n) is 9.74. The number of ether oxygens (including phenoxy) is 3. The van der Waals surface area contributed by atoms with E-state index in [1.165, 1.54) is 257 Å². The molecule has 6 nitrogen and oxygen atoms in total. The van der Waals surface area contributed by atoms with E-state index in [4.69, 9.17) is 14.2 Å². The molecule has 0 aromatic carbocycles. The van der Waals surface area contributed by atoms with E-state index in [1.807, 2.05) is 0 Å².